The Labute approximate surface area is 119 Å². The number of benzene rings is 1. The Morgan fingerprint density at radius 3 is 2.47 bits per heavy atom. The Balaban J connectivity index is 1.69. The van der Waals surface area contributed by atoms with Crippen LogP contribution in [0, 0.1) is 0 Å². The maximum absolute atomic E-state index is 6.21. The molecule has 98 valence electrons. The van der Waals surface area contributed by atoms with Gasteiger partial charge in [0.05, 0.1) is 10.7 Å². The highest BCUT2D eigenvalue weighted by atomic mass is 35.5. The van der Waals surface area contributed by atoms with E-state index < -0.39 is 0 Å². The van der Waals surface area contributed by atoms with Gasteiger partial charge in [-0.1, -0.05) is 41.9 Å². The predicted molar refractivity (Wildman–Crippen MR) is 79.9 cm³/mol. The number of anilines is 1. The van der Waals surface area contributed by atoms with E-state index in [1.54, 1.807) is 6.20 Å². The summed E-state index contributed by atoms with van der Waals surface area (Å²) in [5.74, 6) is 0.679. The number of pyridine rings is 1. The summed E-state index contributed by atoms with van der Waals surface area (Å²) in [7, 11) is 0. The maximum Gasteiger partial charge on any atom is 0.0822 e. The molecule has 0 spiro atoms. The van der Waals surface area contributed by atoms with Crippen LogP contribution in [0.4, 0.5) is 5.69 Å². The Morgan fingerprint density at radius 2 is 1.79 bits per heavy atom. The largest absolute Gasteiger partial charge is 0.370 e. The minimum atomic E-state index is 0.679. The van der Waals surface area contributed by atoms with Crippen molar-refractivity contribution in [1.29, 1.82) is 0 Å². The molecule has 0 aliphatic carbocycles. The Kier molecular flexibility index (Phi) is 3.69. The van der Waals surface area contributed by atoms with Crippen LogP contribution in [0.2, 0.25) is 5.02 Å². The molecule has 1 saturated heterocycles. The molecule has 19 heavy (non-hydrogen) atoms. The average Bonchev–Trinajstić information content (AvgIpc) is 2.49. The molecule has 0 N–H and O–H groups in total. The summed E-state index contributed by atoms with van der Waals surface area (Å²) in [6.07, 6.45) is 5.90. The quantitative estimate of drug-likeness (QED) is 0.818. The molecule has 3 heteroatoms. The number of hydrogen-bond acceptors (Lipinski definition) is 2. The SMILES string of the molecule is Clc1cnccc1N1CCC(c2ccccc2)CC1. The van der Waals surface area contributed by atoms with Crippen molar-refractivity contribution in [3.8, 4) is 0 Å². The van der Waals surface area contributed by atoms with Crippen molar-refractivity contribution in [3.63, 3.8) is 0 Å². The second-order valence-electron chi connectivity index (χ2n) is 5.00. The Bertz CT molecular complexity index is 533. The number of halogens is 1. The average molecular weight is 273 g/mol. The first-order chi connectivity index (χ1) is 9.34. The van der Waals surface area contributed by atoms with Crippen LogP contribution in [0.25, 0.3) is 0 Å². The summed E-state index contributed by atoms with van der Waals surface area (Å²) in [4.78, 5) is 6.41. The topological polar surface area (TPSA) is 16.1 Å². The lowest BCUT2D eigenvalue weighted by Gasteiger charge is -2.34. The van der Waals surface area contributed by atoms with Crippen LogP contribution in [0.3, 0.4) is 0 Å². The van der Waals surface area contributed by atoms with Crippen molar-refractivity contribution in [2.24, 2.45) is 0 Å². The van der Waals surface area contributed by atoms with E-state index in [-0.39, 0.29) is 0 Å². The molecule has 2 heterocycles. The summed E-state index contributed by atoms with van der Waals surface area (Å²) in [5.41, 5.74) is 2.58. The number of hydrogen-bond donors (Lipinski definition) is 0. The second-order valence-corrected chi connectivity index (χ2v) is 5.41. The van der Waals surface area contributed by atoms with Gasteiger partial charge in [-0.25, -0.2) is 0 Å². The van der Waals surface area contributed by atoms with E-state index in [0.29, 0.717) is 5.92 Å². The molecule has 0 saturated carbocycles. The predicted octanol–water partition coefficient (Wildman–Crippen LogP) is 4.12. The summed E-state index contributed by atoms with van der Waals surface area (Å²) in [6, 6.07) is 12.8. The highest BCUT2D eigenvalue weighted by Crippen LogP contribution is 2.32. The first-order valence-corrected chi connectivity index (χ1v) is 7.12. The fourth-order valence-electron chi connectivity index (χ4n) is 2.80. The van der Waals surface area contributed by atoms with Crippen molar-refractivity contribution >= 4 is 17.3 Å². The van der Waals surface area contributed by atoms with E-state index in [1.165, 1.54) is 18.4 Å². The van der Waals surface area contributed by atoms with Gasteiger partial charge in [-0.2, -0.15) is 0 Å². The Morgan fingerprint density at radius 1 is 1.05 bits per heavy atom. The molecule has 1 aliphatic heterocycles. The van der Waals surface area contributed by atoms with Gasteiger partial charge in [0.1, 0.15) is 0 Å². The molecule has 2 aromatic rings. The van der Waals surface area contributed by atoms with Gasteiger partial charge in [0, 0.05) is 25.5 Å². The molecule has 1 aromatic carbocycles. The van der Waals surface area contributed by atoms with Crippen molar-refractivity contribution in [3.05, 3.63) is 59.4 Å². The zero-order valence-electron chi connectivity index (χ0n) is 10.8. The van der Waals surface area contributed by atoms with E-state index in [1.807, 2.05) is 12.3 Å². The van der Waals surface area contributed by atoms with Crippen LogP contribution in [0.15, 0.2) is 48.8 Å². The van der Waals surface area contributed by atoms with Crippen LogP contribution in [-0.2, 0) is 0 Å². The molecular formula is C16H17ClN2. The molecule has 1 aromatic heterocycles. The minimum absolute atomic E-state index is 0.679. The van der Waals surface area contributed by atoms with E-state index in [2.05, 4.69) is 40.2 Å². The third kappa shape index (κ3) is 2.74. The van der Waals surface area contributed by atoms with Crippen LogP contribution >= 0.6 is 11.6 Å². The molecule has 0 radical (unpaired) electrons. The summed E-state index contributed by atoms with van der Waals surface area (Å²) >= 11 is 6.21. The van der Waals surface area contributed by atoms with Crippen LogP contribution in [0.5, 0.6) is 0 Å². The van der Waals surface area contributed by atoms with Gasteiger partial charge in [-0.3, -0.25) is 4.98 Å². The minimum Gasteiger partial charge on any atom is -0.370 e. The molecule has 0 atom stereocenters. The van der Waals surface area contributed by atoms with Crippen molar-refractivity contribution < 1.29 is 0 Å². The fourth-order valence-corrected chi connectivity index (χ4v) is 3.04. The zero-order valence-corrected chi connectivity index (χ0v) is 11.6. The first-order valence-electron chi connectivity index (χ1n) is 6.74. The lowest BCUT2D eigenvalue weighted by atomic mass is 9.89. The third-order valence-corrected chi connectivity index (χ3v) is 4.15. The lowest BCUT2D eigenvalue weighted by molar-refractivity contribution is 0.505. The summed E-state index contributed by atoms with van der Waals surface area (Å²) in [6.45, 7) is 2.12. The molecular weight excluding hydrogens is 256 g/mol. The first kappa shape index (κ1) is 12.5. The van der Waals surface area contributed by atoms with Crippen molar-refractivity contribution in [2.45, 2.75) is 18.8 Å². The molecule has 1 aliphatic rings. The van der Waals surface area contributed by atoms with Gasteiger partial charge in [0.25, 0.3) is 0 Å². The zero-order chi connectivity index (χ0) is 13.1. The number of rotatable bonds is 2. The van der Waals surface area contributed by atoms with Gasteiger partial charge >= 0.3 is 0 Å². The van der Waals surface area contributed by atoms with E-state index in [9.17, 15) is 0 Å². The monoisotopic (exact) mass is 272 g/mol. The van der Waals surface area contributed by atoms with Gasteiger partial charge < -0.3 is 4.90 Å². The Hall–Kier alpha value is -1.54. The van der Waals surface area contributed by atoms with E-state index in [0.717, 1.165) is 23.8 Å². The number of piperidine rings is 1. The fraction of sp³-hybridized carbons (Fsp3) is 0.312. The highest BCUT2D eigenvalue weighted by molar-refractivity contribution is 6.33. The van der Waals surface area contributed by atoms with Crippen LogP contribution in [0.1, 0.15) is 24.3 Å². The smallest absolute Gasteiger partial charge is 0.0822 e. The molecule has 0 unspecified atom stereocenters. The van der Waals surface area contributed by atoms with Gasteiger partial charge in [0.15, 0.2) is 0 Å². The van der Waals surface area contributed by atoms with Crippen molar-refractivity contribution in [2.75, 3.05) is 18.0 Å². The lowest BCUT2D eigenvalue weighted by Crippen LogP contribution is -2.33. The molecule has 0 bridgehead atoms. The second kappa shape index (κ2) is 5.62. The number of nitrogens with zero attached hydrogens (tertiary/aromatic N) is 2. The normalized spacial score (nSPS) is 16.6. The highest BCUT2D eigenvalue weighted by Gasteiger charge is 2.21. The van der Waals surface area contributed by atoms with Crippen LogP contribution < -0.4 is 4.90 Å². The van der Waals surface area contributed by atoms with E-state index in [4.69, 9.17) is 11.6 Å². The van der Waals surface area contributed by atoms with Gasteiger partial charge in [-0.15, -0.1) is 0 Å². The van der Waals surface area contributed by atoms with E-state index >= 15 is 0 Å². The molecule has 2 nitrogen and oxygen atoms in total. The van der Waals surface area contributed by atoms with Crippen molar-refractivity contribution in [1.82, 2.24) is 4.98 Å². The van der Waals surface area contributed by atoms with Gasteiger partial charge in [-0.05, 0) is 30.4 Å². The van der Waals surface area contributed by atoms with Gasteiger partial charge in [0.2, 0.25) is 0 Å². The summed E-state index contributed by atoms with van der Waals surface area (Å²) < 4.78 is 0. The van der Waals surface area contributed by atoms with Crippen LogP contribution in [-0.4, -0.2) is 18.1 Å². The molecule has 1 fully saturated rings. The molecule has 0 amide bonds. The molecule has 3 rings (SSSR count). The number of aromatic nitrogens is 1. The summed E-state index contributed by atoms with van der Waals surface area (Å²) in [5, 5.41) is 0.751. The maximum atomic E-state index is 6.21. The standard InChI is InChI=1S/C16H17ClN2/c17-15-12-18-9-6-16(15)19-10-7-14(8-11-19)13-4-2-1-3-5-13/h1-6,9,12,14H,7-8,10-11H2. The third-order valence-electron chi connectivity index (χ3n) is 3.86.